The van der Waals surface area contributed by atoms with E-state index in [1.165, 1.54) is 31.2 Å². The van der Waals surface area contributed by atoms with E-state index in [4.69, 9.17) is 10.5 Å². The minimum atomic E-state index is -4.51. The Labute approximate surface area is 269 Å². The number of nitrogens with two attached hydrogens (primary N) is 1. The molecule has 18 heteroatoms. The maximum absolute atomic E-state index is 13.9. The number of rotatable bonds is 18. The van der Waals surface area contributed by atoms with E-state index in [0.717, 1.165) is 32.9 Å². The number of hydrogen-bond acceptors (Lipinski definition) is 11. The van der Waals surface area contributed by atoms with E-state index in [1.807, 2.05) is 0 Å². The van der Waals surface area contributed by atoms with Crippen molar-refractivity contribution in [2.24, 2.45) is 5.73 Å². The number of hydrogen-bond donors (Lipinski definition) is 2. The van der Waals surface area contributed by atoms with Crippen LogP contribution >= 0.6 is 0 Å². The first kappa shape index (κ1) is 38.5. The zero-order valence-electron chi connectivity index (χ0n) is 26.3. The highest BCUT2D eigenvalue weighted by molar-refractivity contribution is 7.89. The van der Waals surface area contributed by atoms with Crippen molar-refractivity contribution >= 4 is 37.5 Å². The SMILES string of the molecule is CC(CCN(CCCCN)S(=O)(=O)c1ccccc1[N+](=O)[O-])N(CCCNC(=O)OC(C)(C)C)S(=O)(=O)c1ccccc1[N+](=O)[O-]. The molecule has 0 aliphatic carbocycles. The molecule has 0 saturated heterocycles. The van der Waals surface area contributed by atoms with Crippen LogP contribution in [0.2, 0.25) is 0 Å². The molecule has 0 spiro atoms. The van der Waals surface area contributed by atoms with Gasteiger partial charge in [-0.3, -0.25) is 20.2 Å². The first-order valence-electron chi connectivity index (χ1n) is 14.6. The minimum Gasteiger partial charge on any atom is -0.444 e. The molecule has 0 aliphatic heterocycles. The van der Waals surface area contributed by atoms with Crippen LogP contribution in [0.1, 0.15) is 53.4 Å². The van der Waals surface area contributed by atoms with Crippen LogP contribution in [0.4, 0.5) is 16.2 Å². The number of para-hydroxylation sites is 2. The lowest BCUT2D eigenvalue weighted by Gasteiger charge is -2.30. The molecule has 1 unspecified atom stereocenters. The fraction of sp³-hybridized carbons (Fsp3) is 0.536. The van der Waals surface area contributed by atoms with Gasteiger partial charge in [0.2, 0.25) is 20.0 Å². The Bertz CT molecular complexity index is 1580. The Balaban J connectivity index is 2.41. The Hall–Kier alpha value is -3.71. The second-order valence-electron chi connectivity index (χ2n) is 11.4. The van der Waals surface area contributed by atoms with Crippen LogP contribution in [0.15, 0.2) is 58.3 Å². The lowest BCUT2D eigenvalue weighted by Crippen LogP contribution is -2.43. The molecule has 2 aromatic rings. The van der Waals surface area contributed by atoms with Gasteiger partial charge < -0.3 is 15.8 Å². The Morgan fingerprint density at radius 1 is 0.870 bits per heavy atom. The normalized spacial score (nSPS) is 13.0. The lowest BCUT2D eigenvalue weighted by molar-refractivity contribution is -0.388. The van der Waals surface area contributed by atoms with Gasteiger partial charge in [-0.15, -0.1) is 0 Å². The molecule has 2 aromatic carbocycles. The molecule has 0 aliphatic rings. The van der Waals surface area contributed by atoms with E-state index in [-0.39, 0.29) is 45.6 Å². The van der Waals surface area contributed by atoms with Gasteiger partial charge in [-0.25, -0.2) is 21.6 Å². The van der Waals surface area contributed by atoms with Crippen LogP contribution in [0.25, 0.3) is 0 Å². The monoisotopic (exact) mass is 686 g/mol. The highest BCUT2D eigenvalue weighted by atomic mass is 32.2. The number of nitro groups is 2. The third-order valence-electron chi connectivity index (χ3n) is 6.70. The van der Waals surface area contributed by atoms with E-state index in [2.05, 4.69) is 5.32 Å². The van der Waals surface area contributed by atoms with Gasteiger partial charge in [0.1, 0.15) is 5.60 Å². The lowest BCUT2D eigenvalue weighted by atomic mass is 10.2. The third kappa shape index (κ3) is 10.7. The molecule has 1 atom stereocenters. The van der Waals surface area contributed by atoms with Crippen LogP contribution in [-0.4, -0.2) is 85.8 Å². The standard InChI is InChI=1S/C28H42N6O10S2/c1-22(16-21-31(19-10-9-17-29)45(40,41)25-14-7-5-12-23(25)33(36)37)32(20-11-18-30-27(35)44-28(2,3)4)46(42,43)26-15-8-6-13-24(26)34(38)39/h5-8,12-15,22H,9-11,16-21,29H2,1-4H3,(H,30,35). The number of carbonyl (C=O) groups excluding carboxylic acids is 1. The first-order valence-corrected chi connectivity index (χ1v) is 17.5. The number of sulfonamides is 2. The van der Waals surface area contributed by atoms with Gasteiger partial charge >= 0.3 is 6.09 Å². The van der Waals surface area contributed by atoms with Crippen molar-refractivity contribution in [3.63, 3.8) is 0 Å². The van der Waals surface area contributed by atoms with Crippen LogP contribution in [-0.2, 0) is 24.8 Å². The zero-order valence-corrected chi connectivity index (χ0v) is 28.0. The molecule has 0 fully saturated rings. The third-order valence-corrected chi connectivity index (χ3v) is 10.7. The molecule has 0 aromatic heterocycles. The Kier molecular flexibility index (Phi) is 14.0. The van der Waals surface area contributed by atoms with Crippen molar-refractivity contribution in [2.45, 2.75) is 74.8 Å². The van der Waals surface area contributed by atoms with Gasteiger partial charge in [0, 0.05) is 44.4 Å². The maximum Gasteiger partial charge on any atom is 0.407 e. The second-order valence-corrected chi connectivity index (χ2v) is 15.2. The van der Waals surface area contributed by atoms with E-state index < -0.39 is 68.8 Å². The summed E-state index contributed by atoms with van der Waals surface area (Å²) in [4.78, 5) is 32.8. The van der Waals surface area contributed by atoms with Crippen molar-refractivity contribution in [2.75, 3.05) is 32.7 Å². The van der Waals surface area contributed by atoms with Crippen LogP contribution < -0.4 is 11.1 Å². The van der Waals surface area contributed by atoms with Crippen LogP contribution in [0.5, 0.6) is 0 Å². The molecule has 0 bridgehead atoms. The molecule has 256 valence electrons. The minimum absolute atomic E-state index is 0.0157. The first-order chi connectivity index (χ1) is 21.4. The molecule has 16 nitrogen and oxygen atoms in total. The van der Waals surface area contributed by atoms with Gasteiger partial charge in [-0.2, -0.15) is 8.61 Å². The van der Waals surface area contributed by atoms with Crippen LogP contribution in [0.3, 0.4) is 0 Å². The summed E-state index contributed by atoms with van der Waals surface area (Å²) in [5, 5.41) is 25.9. The number of nitrogens with zero attached hydrogens (tertiary/aromatic N) is 4. The van der Waals surface area contributed by atoms with Crippen molar-refractivity contribution < 1.29 is 36.2 Å². The predicted octanol–water partition coefficient (Wildman–Crippen LogP) is 3.62. The number of ether oxygens (including phenoxy) is 1. The van der Waals surface area contributed by atoms with Crippen molar-refractivity contribution in [1.29, 1.82) is 0 Å². The highest BCUT2D eigenvalue weighted by Crippen LogP contribution is 2.30. The number of unbranched alkanes of at least 4 members (excludes halogenated alkanes) is 1. The van der Waals surface area contributed by atoms with Gasteiger partial charge in [-0.1, -0.05) is 24.3 Å². The molecule has 3 N–H and O–H groups in total. The fourth-order valence-corrected chi connectivity index (χ4v) is 8.00. The van der Waals surface area contributed by atoms with E-state index >= 15 is 0 Å². The summed E-state index contributed by atoms with van der Waals surface area (Å²) in [7, 11) is -8.90. The number of nitro benzene ring substituents is 2. The van der Waals surface area contributed by atoms with Gasteiger partial charge in [0.25, 0.3) is 11.4 Å². The van der Waals surface area contributed by atoms with E-state index in [9.17, 15) is 41.9 Å². The summed E-state index contributed by atoms with van der Waals surface area (Å²) in [6, 6.07) is 8.91. The molecule has 0 heterocycles. The fourth-order valence-electron chi connectivity index (χ4n) is 4.49. The van der Waals surface area contributed by atoms with Gasteiger partial charge in [-0.05, 0) is 72.1 Å². The zero-order chi connectivity index (χ0) is 34.7. The van der Waals surface area contributed by atoms with Crippen molar-refractivity contribution in [3.8, 4) is 0 Å². The second kappa shape index (κ2) is 16.7. The van der Waals surface area contributed by atoms with Gasteiger partial charge in [0.05, 0.1) is 9.85 Å². The summed E-state index contributed by atoms with van der Waals surface area (Å²) < 4.78 is 62.4. The molecular formula is C28H42N6O10S2. The number of benzene rings is 2. The quantitative estimate of drug-likeness (QED) is 0.131. The number of nitrogens with one attached hydrogen (secondary N) is 1. The molecule has 1 amide bonds. The molecule has 0 radical (unpaired) electrons. The molecule has 0 saturated carbocycles. The number of amides is 1. The molecular weight excluding hydrogens is 644 g/mol. The summed E-state index contributed by atoms with van der Waals surface area (Å²) in [5.41, 5.74) is 3.61. The maximum atomic E-state index is 13.9. The Morgan fingerprint density at radius 2 is 1.39 bits per heavy atom. The molecule has 2 rings (SSSR count). The van der Waals surface area contributed by atoms with E-state index in [0.29, 0.717) is 12.8 Å². The van der Waals surface area contributed by atoms with Crippen molar-refractivity contribution in [1.82, 2.24) is 13.9 Å². The van der Waals surface area contributed by atoms with Crippen LogP contribution in [0, 0.1) is 20.2 Å². The smallest absolute Gasteiger partial charge is 0.407 e. The number of alkyl carbamates (subject to hydrolysis) is 1. The highest BCUT2D eigenvalue weighted by Gasteiger charge is 2.36. The topological polar surface area (TPSA) is 225 Å². The summed E-state index contributed by atoms with van der Waals surface area (Å²) >= 11 is 0. The van der Waals surface area contributed by atoms with Gasteiger partial charge in [0.15, 0.2) is 9.79 Å². The number of carbonyl (C=O) groups is 1. The average Bonchev–Trinajstić information content (AvgIpc) is 2.97. The largest absolute Gasteiger partial charge is 0.444 e. The summed E-state index contributed by atoms with van der Waals surface area (Å²) in [5.74, 6) is 0. The Morgan fingerprint density at radius 3 is 1.89 bits per heavy atom. The summed E-state index contributed by atoms with van der Waals surface area (Å²) in [6.07, 6.45) is 0.141. The van der Waals surface area contributed by atoms with E-state index in [1.54, 1.807) is 20.8 Å². The predicted molar refractivity (Wildman–Crippen MR) is 170 cm³/mol. The van der Waals surface area contributed by atoms with Crippen molar-refractivity contribution in [3.05, 3.63) is 68.8 Å². The average molecular weight is 687 g/mol. The molecule has 46 heavy (non-hydrogen) atoms. The summed E-state index contributed by atoms with van der Waals surface area (Å²) in [6.45, 7) is 6.45.